The van der Waals surface area contributed by atoms with E-state index in [4.69, 9.17) is 19.7 Å². The second-order valence-electron chi connectivity index (χ2n) is 14.8. The number of aromatic nitrogens is 1. The quantitative estimate of drug-likeness (QED) is 0.0718. The molecule has 0 N–H and O–H groups in total. The van der Waals surface area contributed by atoms with Crippen LogP contribution in [0.1, 0.15) is 156 Å². The third-order valence-electron chi connectivity index (χ3n) is 9.21. The molecule has 0 atom stereocenters. The number of carbonyl (C=O) groups is 1. The molecule has 0 unspecified atom stereocenters. The van der Waals surface area contributed by atoms with Crippen molar-refractivity contribution in [3.63, 3.8) is 0 Å². The Kier molecular flexibility index (Phi) is 20.6. The molecule has 6 heteroatoms. The summed E-state index contributed by atoms with van der Waals surface area (Å²) in [5.41, 5.74) is 12.4. The molecule has 1 aromatic heterocycles. The average molecular weight is 794 g/mol. The van der Waals surface area contributed by atoms with Crippen molar-refractivity contribution in [2.24, 2.45) is 9.98 Å². The van der Waals surface area contributed by atoms with Crippen LogP contribution in [0.2, 0.25) is 0 Å². The number of aliphatic imine (C=N–C) groups is 2. The number of rotatable bonds is 12. The monoisotopic (exact) mass is 793 g/mol. The molecule has 0 aliphatic heterocycles. The van der Waals surface area contributed by atoms with Crippen molar-refractivity contribution in [3.05, 3.63) is 160 Å². The van der Waals surface area contributed by atoms with Crippen LogP contribution >= 0.6 is 0 Å². The summed E-state index contributed by atoms with van der Waals surface area (Å²) in [6.45, 7) is 27.6. The number of ether oxygens (including phenoxy) is 1. The number of benzene rings is 4. The number of para-hydroxylation sites is 2. The first-order valence-corrected chi connectivity index (χ1v) is 19.9. The Morgan fingerprint density at radius 2 is 0.804 bits per heavy atom. The van der Waals surface area contributed by atoms with Gasteiger partial charge in [-0.15, -0.1) is 0 Å². The van der Waals surface area contributed by atoms with E-state index in [1.54, 1.807) is 0 Å². The van der Waals surface area contributed by atoms with Gasteiger partial charge in [0.1, 0.15) is 0 Å². The van der Waals surface area contributed by atoms with Gasteiger partial charge in [-0.1, -0.05) is 159 Å². The predicted octanol–water partition coefficient (Wildman–Crippen LogP) is 13.8. The summed E-state index contributed by atoms with van der Waals surface area (Å²) in [5, 5.41) is 0. The first kappa shape index (κ1) is 47.7. The molecule has 0 saturated heterocycles. The van der Waals surface area contributed by atoms with E-state index in [1.165, 1.54) is 22.3 Å². The third kappa shape index (κ3) is 13.9. The number of hydrogen-bond donors (Lipinski definition) is 0. The van der Waals surface area contributed by atoms with Gasteiger partial charge < -0.3 is 4.74 Å². The summed E-state index contributed by atoms with van der Waals surface area (Å²) >= 11 is 0. The van der Waals surface area contributed by atoms with Crippen LogP contribution in [0.15, 0.2) is 125 Å². The van der Waals surface area contributed by atoms with Gasteiger partial charge in [0, 0.05) is 41.4 Å². The van der Waals surface area contributed by atoms with E-state index >= 15 is 0 Å². The van der Waals surface area contributed by atoms with Gasteiger partial charge in [-0.3, -0.25) is 14.8 Å². The molecular weight excluding hydrogens is 730 g/mol. The summed E-state index contributed by atoms with van der Waals surface area (Å²) in [6.07, 6.45) is 0. The summed E-state index contributed by atoms with van der Waals surface area (Å²) < 4.78 is 4.83. The first-order chi connectivity index (χ1) is 26.3. The smallest absolute Gasteiger partial charge is 0.193 e. The second kappa shape index (κ2) is 24.2. The number of carbonyl (C=O) groups excluding carboxylic acids is 1. The summed E-state index contributed by atoms with van der Waals surface area (Å²) in [5.74, 6) is 1.69. The Morgan fingerprint density at radius 3 is 1.07 bits per heavy atom. The molecule has 0 aliphatic carbocycles. The molecule has 0 radical (unpaired) electrons. The van der Waals surface area contributed by atoms with E-state index in [2.05, 4.69) is 112 Å². The summed E-state index contributed by atoms with van der Waals surface area (Å²) in [4.78, 5) is 27.1. The summed E-state index contributed by atoms with van der Waals surface area (Å²) in [7, 11) is 0. The Hall–Kier alpha value is -4.48. The molecular formula is C50H63FeN3O2. The molecule has 0 amide bonds. The minimum Gasteiger partial charge on any atom is -0.382 e. The largest absolute Gasteiger partial charge is 0.382 e. The van der Waals surface area contributed by atoms with Crippen LogP contribution < -0.4 is 0 Å². The summed E-state index contributed by atoms with van der Waals surface area (Å²) in [6, 6.07) is 37.8. The maximum atomic E-state index is 11.8. The fourth-order valence-electron chi connectivity index (χ4n) is 6.12. The molecule has 4 aromatic carbocycles. The SMILES string of the molecule is CC(=Nc1c(C(C)C)cccc1C(C)C)c1cccc(C(C)=Nc2c(C(C)C)cccc2C(C)C)n1.CCOCC.O=C(c1ccccc1)c1ccccc1.[Fe]. The molecule has 0 spiro atoms. The van der Waals surface area contributed by atoms with E-state index < -0.39 is 0 Å². The second-order valence-corrected chi connectivity index (χ2v) is 14.8. The molecule has 0 bridgehead atoms. The van der Waals surface area contributed by atoms with E-state index in [9.17, 15) is 4.79 Å². The van der Waals surface area contributed by atoms with Crippen molar-refractivity contribution in [2.75, 3.05) is 13.2 Å². The van der Waals surface area contributed by atoms with Crippen LogP contribution in [0.5, 0.6) is 0 Å². The van der Waals surface area contributed by atoms with E-state index in [0.717, 1.165) is 58.5 Å². The van der Waals surface area contributed by atoms with E-state index in [-0.39, 0.29) is 22.9 Å². The molecule has 0 aliphatic rings. The minimum absolute atomic E-state index is 0. The number of nitrogens with zero attached hydrogens (tertiary/aromatic N) is 3. The fourth-order valence-corrected chi connectivity index (χ4v) is 6.12. The minimum atomic E-state index is 0. The number of hydrogen-bond acceptors (Lipinski definition) is 5. The zero-order valence-electron chi connectivity index (χ0n) is 35.7. The van der Waals surface area contributed by atoms with Gasteiger partial charge in [-0.2, -0.15) is 0 Å². The maximum absolute atomic E-state index is 11.8. The number of pyridine rings is 1. The van der Waals surface area contributed by atoms with Gasteiger partial charge in [0.05, 0.1) is 34.2 Å². The van der Waals surface area contributed by atoms with Crippen molar-refractivity contribution in [1.29, 1.82) is 0 Å². The zero-order valence-corrected chi connectivity index (χ0v) is 36.8. The molecule has 56 heavy (non-hydrogen) atoms. The number of ketones is 1. The molecule has 298 valence electrons. The predicted molar refractivity (Wildman–Crippen MR) is 236 cm³/mol. The standard InChI is InChI=1S/C33H43N3.C13H10O.C4H10O.Fe/c1-20(2)26-14-11-15-27(21(3)4)32(26)34-24(9)30-18-13-19-31(36-30)25(10)35-33-28(22(5)6)16-12-17-29(33)23(7)8;14-13(11-7-3-1-4-8-11)12-9-5-2-6-10-12;1-3-5-4-2;/h11-23H,1-10H3;1-10H;3-4H2,1-2H3;. The van der Waals surface area contributed by atoms with Crippen LogP contribution in [-0.4, -0.2) is 35.4 Å². The third-order valence-corrected chi connectivity index (χ3v) is 9.21. The normalized spacial score (nSPS) is 11.5. The van der Waals surface area contributed by atoms with Crippen LogP contribution in [0.25, 0.3) is 0 Å². The van der Waals surface area contributed by atoms with Crippen molar-refractivity contribution >= 4 is 28.6 Å². The van der Waals surface area contributed by atoms with Gasteiger partial charge in [-0.05, 0) is 85.8 Å². The van der Waals surface area contributed by atoms with Gasteiger partial charge >= 0.3 is 0 Å². The van der Waals surface area contributed by atoms with Crippen molar-refractivity contribution in [2.45, 2.75) is 107 Å². The van der Waals surface area contributed by atoms with Gasteiger partial charge in [0.2, 0.25) is 0 Å². The molecule has 5 nitrogen and oxygen atoms in total. The Bertz CT molecular complexity index is 1810. The van der Waals surface area contributed by atoms with Gasteiger partial charge in [-0.25, -0.2) is 4.98 Å². The van der Waals surface area contributed by atoms with Crippen molar-refractivity contribution < 1.29 is 26.6 Å². The average Bonchev–Trinajstić information content (AvgIpc) is 3.18. The van der Waals surface area contributed by atoms with Crippen LogP contribution in [-0.2, 0) is 21.8 Å². The Morgan fingerprint density at radius 1 is 0.500 bits per heavy atom. The fraction of sp³-hybridized carbons (Fsp3) is 0.360. The van der Waals surface area contributed by atoms with Crippen LogP contribution in [0.3, 0.4) is 0 Å². The maximum Gasteiger partial charge on any atom is 0.193 e. The van der Waals surface area contributed by atoms with Crippen molar-refractivity contribution in [1.82, 2.24) is 4.98 Å². The molecule has 0 saturated carbocycles. The van der Waals surface area contributed by atoms with E-state index in [1.807, 2.05) is 86.6 Å². The van der Waals surface area contributed by atoms with Crippen LogP contribution in [0, 0.1) is 0 Å². The molecule has 5 aromatic rings. The Labute approximate surface area is 348 Å². The molecule has 5 rings (SSSR count). The molecule has 1 heterocycles. The van der Waals surface area contributed by atoms with Crippen molar-refractivity contribution in [3.8, 4) is 0 Å². The topological polar surface area (TPSA) is 63.9 Å². The van der Waals surface area contributed by atoms with Gasteiger partial charge in [0.15, 0.2) is 5.78 Å². The van der Waals surface area contributed by atoms with E-state index in [0.29, 0.717) is 23.7 Å². The molecule has 0 fully saturated rings. The van der Waals surface area contributed by atoms with Crippen LogP contribution in [0.4, 0.5) is 11.4 Å². The van der Waals surface area contributed by atoms with Gasteiger partial charge in [0.25, 0.3) is 0 Å². The first-order valence-electron chi connectivity index (χ1n) is 19.9. The zero-order chi connectivity index (χ0) is 40.5. The Balaban J connectivity index is 0.000000444.